The first-order valence-corrected chi connectivity index (χ1v) is 13.7. The summed E-state index contributed by atoms with van der Waals surface area (Å²) in [6, 6.07) is 4.47. The number of fused-ring (bicyclic) bond motifs is 3. The van der Waals surface area contributed by atoms with E-state index in [0.717, 1.165) is 36.1 Å². The van der Waals surface area contributed by atoms with Crippen molar-refractivity contribution >= 4 is 11.6 Å². The molecule has 5 fully saturated rings. The Balaban J connectivity index is 1.26. The number of hydrogen-bond donors (Lipinski definition) is 3. The van der Waals surface area contributed by atoms with Gasteiger partial charge in [-0.15, -0.1) is 11.6 Å². The monoisotopic (exact) mass is 446 g/mol. The van der Waals surface area contributed by atoms with Crippen molar-refractivity contribution in [1.29, 1.82) is 5.26 Å². The summed E-state index contributed by atoms with van der Waals surface area (Å²) in [5, 5.41) is 13.9. The van der Waals surface area contributed by atoms with E-state index in [9.17, 15) is 5.26 Å². The van der Waals surface area contributed by atoms with Gasteiger partial charge in [-0.25, -0.2) is 0 Å². The molecule has 5 rings (SSSR count). The molecule has 3 saturated carbocycles. The second kappa shape index (κ2) is 9.13. The van der Waals surface area contributed by atoms with Crippen LogP contribution in [-0.4, -0.2) is 30.0 Å². The first-order valence-electron chi connectivity index (χ1n) is 13.3. The third-order valence-electron chi connectivity index (χ3n) is 10.3. The smallest absolute Gasteiger partial charge is 0.0686 e. The quantitative estimate of drug-likeness (QED) is 0.534. The zero-order chi connectivity index (χ0) is 21.6. The van der Waals surface area contributed by atoms with Gasteiger partial charge < -0.3 is 5.32 Å². The van der Waals surface area contributed by atoms with Crippen LogP contribution < -0.4 is 16.2 Å². The minimum atomic E-state index is -0.175. The first kappa shape index (κ1) is 22.5. The van der Waals surface area contributed by atoms with Gasteiger partial charge in [-0.1, -0.05) is 12.8 Å². The van der Waals surface area contributed by atoms with E-state index in [0.29, 0.717) is 29.4 Å². The van der Waals surface area contributed by atoms with Crippen LogP contribution in [0.15, 0.2) is 0 Å². The Hall–Kier alpha value is -0.340. The second-order valence-electron chi connectivity index (χ2n) is 12.2. The Bertz CT molecular complexity index is 667. The van der Waals surface area contributed by atoms with E-state index in [4.69, 9.17) is 11.6 Å². The topological polar surface area (TPSA) is 59.9 Å². The highest BCUT2D eigenvalue weighted by atomic mass is 35.5. The van der Waals surface area contributed by atoms with E-state index >= 15 is 0 Å². The van der Waals surface area contributed by atoms with E-state index in [1.807, 2.05) is 0 Å². The van der Waals surface area contributed by atoms with Crippen molar-refractivity contribution in [3.8, 4) is 6.07 Å². The summed E-state index contributed by atoms with van der Waals surface area (Å²) in [6.45, 7) is 5.39. The molecule has 8 atom stereocenters. The number of alkyl halides is 1. The Morgan fingerprint density at radius 1 is 0.839 bits per heavy atom. The van der Waals surface area contributed by atoms with E-state index in [-0.39, 0.29) is 5.41 Å². The van der Waals surface area contributed by atoms with Crippen LogP contribution >= 0.6 is 11.6 Å². The molecule has 0 aromatic heterocycles. The van der Waals surface area contributed by atoms with Gasteiger partial charge in [-0.2, -0.15) is 5.26 Å². The summed E-state index contributed by atoms with van der Waals surface area (Å²) in [6.07, 6.45) is 14.4. The van der Waals surface area contributed by atoms with Crippen molar-refractivity contribution in [1.82, 2.24) is 16.2 Å². The second-order valence-corrected chi connectivity index (χ2v) is 12.8. The predicted octanol–water partition coefficient (Wildman–Crippen LogP) is 4.99. The molecule has 3 N–H and O–H groups in total. The third kappa shape index (κ3) is 4.42. The molecular weight excluding hydrogens is 404 g/mol. The lowest BCUT2D eigenvalue weighted by atomic mass is 9.60. The van der Waals surface area contributed by atoms with Crippen LogP contribution in [0.2, 0.25) is 0 Å². The molecule has 0 bridgehead atoms. The van der Waals surface area contributed by atoms with Crippen LogP contribution in [-0.2, 0) is 0 Å². The molecule has 5 aliphatic rings. The molecule has 2 heterocycles. The normalized spacial score (nSPS) is 48.5. The molecule has 0 radical (unpaired) electrons. The van der Waals surface area contributed by atoms with Crippen LogP contribution in [0.1, 0.15) is 84.5 Å². The molecule has 0 amide bonds. The number of nitrogens with zero attached hydrogens (tertiary/aromatic N) is 1. The maximum atomic E-state index is 9.57. The molecule has 0 spiro atoms. The lowest BCUT2D eigenvalue weighted by Gasteiger charge is -2.50. The highest BCUT2D eigenvalue weighted by Crippen LogP contribution is 2.49. The summed E-state index contributed by atoms with van der Waals surface area (Å²) in [5.41, 5.74) is 7.33. The molecule has 31 heavy (non-hydrogen) atoms. The van der Waals surface area contributed by atoms with Crippen LogP contribution in [0.4, 0.5) is 0 Å². The van der Waals surface area contributed by atoms with Gasteiger partial charge in [0.15, 0.2) is 0 Å². The van der Waals surface area contributed by atoms with Gasteiger partial charge in [-0.05, 0) is 107 Å². The summed E-state index contributed by atoms with van der Waals surface area (Å²) in [7, 11) is 0. The van der Waals surface area contributed by atoms with Crippen molar-refractivity contribution in [3.63, 3.8) is 0 Å². The van der Waals surface area contributed by atoms with Crippen molar-refractivity contribution in [2.75, 3.05) is 6.54 Å². The summed E-state index contributed by atoms with van der Waals surface area (Å²) < 4.78 is 0. The van der Waals surface area contributed by atoms with E-state index in [1.165, 1.54) is 70.6 Å². The minimum absolute atomic E-state index is 0.175. The molecule has 2 saturated heterocycles. The van der Waals surface area contributed by atoms with Gasteiger partial charge in [0.1, 0.15) is 0 Å². The Morgan fingerprint density at radius 3 is 2.32 bits per heavy atom. The predicted molar refractivity (Wildman–Crippen MR) is 126 cm³/mol. The van der Waals surface area contributed by atoms with Gasteiger partial charge in [0.2, 0.25) is 0 Å². The molecule has 3 aliphatic carbocycles. The van der Waals surface area contributed by atoms with E-state index in [2.05, 4.69) is 36.1 Å². The highest BCUT2D eigenvalue weighted by molar-refractivity contribution is 6.20. The van der Waals surface area contributed by atoms with Crippen molar-refractivity contribution < 1.29 is 0 Å². The minimum Gasteiger partial charge on any atom is -0.312 e. The van der Waals surface area contributed by atoms with Crippen LogP contribution in [0.5, 0.6) is 0 Å². The number of hydrazine groups is 1. The molecule has 8 unspecified atom stereocenters. The number of halogens is 1. The molecule has 0 aromatic rings. The fraction of sp³-hybridized carbons (Fsp3) is 0.962. The van der Waals surface area contributed by atoms with Crippen LogP contribution in [0.25, 0.3) is 0 Å². The van der Waals surface area contributed by atoms with Gasteiger partial charge >= 0.3 is 0 Å². The Kier molecular flexibility index (Phi) is 6.61. The molecule has 2 aliphatic heterocycles. The maximum absolute atomic E-state index is 9.57. The molecular formula is C26H43ClN4. The van der Waals surface area contributed by atoms with Crippen LogP contribution in [0, 0.1) is 52.3 Å². The van der Waals surface area contributed by atoms with Crippen molar-refractivity contribution in [2.45, 2.75) is 108 Å². The number of rotatable bonds is 3. The summed E-state index contributed by atoms with van der Waals surface area (Å²) >= 11 is 6.58. The lowest BCUT2D eigenvalue weighted by Crippen LogP contribution is -2.58. The number of piperidine rings is 1. The summed E-state index contributed by atoms with van der Waals surface area (Å²) in [4.78, 5) is 0. The first-order chi connectivity index (χ1) is 15.0. The van der Waals surface area contributed by atoms with Gasteiger partial charge in [0.05, 0.1) is 11.5 Å². The van der Waals surface area contributed by atoms with Gasteiger partial charge in [0.25, 0.3) is 0 Å². The SMILES string of the molecule is CC(C)(C#N)C1CCC(C2NNC3CNC4CCC(C5CCCC(Cl)C5)CC4C32)CC1. The van der Waals surface area contributed by atoms with E-state index in [1.54, 1.807) is 0 Å². The lowest BCUT2D eigenvalue weighted by molar-refractivity contribution is 0.0449. The zero-order valence-corrected chi connectivity index (χ0v) is 20.3. The van der Waals surface area contributed by atoms with Gasteiger partial charge in [0, 0.05) is 30.0 Å². The van der Waals surface area contributed by atoms with Gasteiger partial charge in [-0.3, -0.25) is 10.9 Å². The average molecular weight is 447 g/mol. The molecule has 174 valence electrons. The third-order valence-corrected chi connectivity index (χ3v) is 10.7. The summed E-state index contributed by atoms with van der Waals surface area (Å²) in [5.74, 6) is 4.63. The molecule has 5 heteroatoms. The van der Waals surface area contributed by atoms with Crippen molar-refractivity contribution in [2.24, 2.45) is 40.9 Å². The standard InChI is InChI=1S/C26H43ClN4/c1-26(2,15-28)19-9-6-16(7-10-19)25-24-21-13-18(17-4-3-5-20(27)12-17)8-11-22(21)29-14-23(24)30-31-25/h16-25,29-31H,3-14H2,1-2H3. The number of hydrogen-bond acceptors (Lipinski definition) is 4. The molecule has 0 aromatic carbocycles. The fourth-order valence-electron chi connectivity index (χ4n) is 8.34. The largest absolute Gasteiger partial charge is 0.312 e. The zero-order valence-electron chi connectivity index (χ0n) is 19.6. The average Bonchev–Trinajstić information content (AvgIpc) is 3.23. The van der Waals surface area contributed by atoms with Crippen molar-refractivity contribution in [3.05, 3.63) is 0 Å². The number of nitriles is 1. The van der Waals surface area contributed by atoms with Crippen LogP contribution in [0.3, 0.4) is 0 Å². The van der Waals surface area contributed by atoms with E-state index < -0.39 is 0 Å². The number of nitrogens with one attached hydrogen (secondary N) is 3. The fourth-order valence-corrected chi connectivity index (χ4v) is 8.72. The Labute approximate surface area is 194 Å². The Morgan fingerprint density at radius 2 is 1.58 bits per heavy atom. The maximum Gasteiger partial charge on any atom is 0.0686 e. The molecule has 4 nitrogen and oxygen atoms in total. The highest BCUT2D eigenvalue weighted by Gasteiger charge is 2.52.